The Morgan fingerprint density at radius 2 is 1.81 bits per heavy atom. The summed E-state index contributed by atoms with van der Waals surface area (Å²) in [5, 5.41) is 4.53. The number of ether oxygens (including phenoxy) is 2. The number of hydrogen-bond donors (Lipinski definition) is 1. The Kier molecular flexibility index (Phi) is 5.01. The van der Waals surface area contributed by atoms with Crippen LogP contribution in [0.5, 0.6) is 0 Å². The third-order valence-electron chi connectivity index (χ3n) is 4.78. The van der Waals surface area contributed by atoms with E-state index in [1.165, 1.54) is 0 Å². The van der Waals surface area contributed by atoms with Crippen molar-refractivity contribution in [3.05, 3.63) is 48.8 Å². The molecule has 1 saturated heterocycles. The summed E-state index contributed by atoms with van der Waals surface area (Å²) in [5.41, 5.74) is 1.87. The van der Waals surface area contributed by atoms with E-state index in [2.05, 4.69) is 17.2 Å². The summed E-state index contributed by atoms with van der Waals surface area (Å²) in [4.78, 5) is 13.6. The van der Waals surface area contributed by atoms with Crippen LogP contribution < -0.4 is 5.32 Å². The van der Waals surface area contributed by atoms with Crippen LogP contribution in [-0.2, 0) is 9.47 Å². The van der Waals surface area contributed by atoms with Crippen LogP contribution in [0.15, 0.2) is 48.8 Å². The molecule has 4 rings (SSSR count). The molecule has 1 aliphatic rings. The highest BCUT2D eigenvalue weighted by atomic mass is 16.7. The first-order chi connectivity index (χ1) is 13.1. The van der Waals surface area contributed by atoms with E-state index >= 15 is 0 Å². The lowest BCUT2D eigenvalue weighted by molar-refractivity contribution is -0.153. The largest absolute Gasteiger partial charge is 0.369 e. The van der Waals surface area contributed by atoms with Crippen LogP contribution in [0.4, 0.5) is 5.82 Å². The van der Waals surface area contributed by atoms with Gasteiger partial charge in [0.05, 0.1) is 18.7 Å². The SMILES string of the molecule is C[C@@H](CNc1nc(-c2ccncc2)nc2ccccc12)CC1(C)OCCO1. The molecule has 1 aromatic carbocycles. The van der Waals surface area contributed by atoms with Gasteiger partial charge >= 0.3 is 0 Å². The van der Waals surface area contributed by atoms with Gasteiger partial charge in [-0.25, -0.2) is 9.97 Å². The summed E-state index contributed by atoms with van der Waals surface area (Å²) < 4.78 is 11.5. The zero-order chi connectivity index (χ0) is 18.7. The van der Waals surface area contributed by atoms with Gasteiger partial charge in [0.25, 0.3) is 0 Å². The standard InChI is InChI=1S/C21H24N4O2/c1-15(13-21(2)26-11-12-27-21)14-23-20-17-5-3-4-6-18(17)24-19(25-20)16-7-9-22-10-8-16/h3-10,15H,11-14H2,1-2H3,(H,23,24,25)/t15-/m1/s1. The van der Waals surface area contributed by atoms with Crippen molar-refractivity contribution < 1.29 is 9.47 Å². The number of rotatable bonds is 6. The summed E-state index contributed by atoms with van der Waals surface area (Å²) in [6.45, 7) is 6.32. The second-order valence-electron chi connectivity index (χ2n) is 7.17. The molecule has 2 aromatic heterocycles. The molecule has 1 fully saturated rings. The number of aromatic nitrogens is 3. The maximum absolute atomic E-state index is 5.73. The number of pyridine rings is 1. The fourth-order valence-corrected chi connectivity index (χ4v) is 3.49. The molecule has 0 bridgehead atoms. The Morgan fingerprint density at radius 3 is 2.59 bits per heavy atom. The minimum Gasteiger partial charge on any atom is -0.369 e. The average molecular weight is 364 g/mol. The number of nitrogens with one attached hydrogen (secondary N) is 1. The maximum Gasteiger partial charge on any atom is 0.166 e. The van der Waals surface area contributed by atoms with E-state index in [1.807, 2.05) is 43.3 Å². The van der Waals surface area contributed by atoms with Gasteiger partial charge in [0.2, 0.25) is 0 Å². The van der Waals surface area contributed by atoms with Crippen LogP contribution in [0.3, 0.4) is 0 Å². The molecule has 27 heavy (non-hydrogen) atoms. The number of nitrogens with zero attached hydrogens (tertiary/aromatic N) is 3. The Balaban J connectivity index is 1.57. The highest BCUT2D eigenvalue weighted by Crippen LogP contribution is 2.28. The average Bonchev–Trinajstić information content (AvgIpc) is 3.12. The topological polar surface area (TPSA) is 69.2 Å². The molecule has 0 amide bonds. The van der Waals surface area contributed by atoms with E-state index in [1.54, 1.807) is 12.4 Å². The Bertz CT molecular complexity index is 910. The number of hydrogen-bond acceptors (Lipinski definition) is 6. The first-order valence-electron chi connectivity index (χ1n) is 9.32. The van der Waals surface area contributed by atoms with E-state index in [9.17, 15) is 0 Å². The van der Waals surface area contributed by atoms with Gasteiger partial charge < -0.3 is 14.8 Å². The smallest absolute Gasteiger partial charge is 0.166 e. The van der Waals surface area contributed by atoms with E-state index in [4.69, 9.17) is 19.4 Å². The van der Waals surface area contributed by atoms with E-state index in [-0.39, 0.29) is 0 Å². The number of anilines is 1. The normalized spacial score (nSPS) is 17.1. The molecular weight excluding hydrogens is 340 g/mol. The molecule has 6 heteroatoms. The van der Waals surface area contributed by atoms with Crippen molar-refractivity contribution in [1.29, 1.82) is 0 Å². The molecule has 140 valence electrons. The number of para-hydroxylation sites is 1. The van der Waals surface area contributed by atoms with Crippen LogP contribution in [0.25, 0.3) is 22.3 Å². The van der Waals surface area contributed by atoms with Gasteiger partial charge in [-0.1, -0.05) is 19.1 Å². The summed E-state index contributed by atoms with van der Waals surface area (Å²) in [6.07, 6.45) is 4.34. The van der Waals surface area contributed by atoms with Crippen LogP contribution in [-0.4, -0.2) is 40.5 Å². The summed E-state index contributed by atoms with van der Waals surface area (Å²) in [7, 11) is 0. The van der Waals surface area contributed by atoms with Crippen LogP contribution >= 0.6 is 0 Å². The second-order valence-corrected chi connectivity index (χ2v) is 7.17. The Morgan fingerprint density at radius 1 is 1.07 bits per heavy atom. The minimum absolute atomic E-state index is 0.367. The predicted octanol–water partition coefficient (Wildman–Crippen LogP) is 3.89. The van der Waals surface area contributed by atoms with Crippen molar-refractivity contribution in [2.45, 2.75) is 26.1 Å². The fraction of sp³-hybridized carbons (Fsp3) is 0.381. The quantitative estimate of drug-likeness (QED) is 0.715. The molecule has 0 radical (unpaired) electrons. The van der Waals surface area contributed by atoms with Gasteiger partial charge in [-0.15, -0.1) is 0 Å². The predicted molar refractivity (Wildman–Crippen MR) is 105 cm³/mol. The monoisotopic (exact) mass is 364 g/mol. The first kappa shape index (κ1) is 17.8. The molecule has 1 atom stereocenters. The maximum atomic E-state index is 5.73. The van der Waals surface area contributed by atoms with Gasteiger partial charge in [-0.2, -0.15) is 0 Å². The van der Waals surface area contributed by atoms with Gasteiger partial charge in [0.15, 0.2) is 11.6 Å². The zero-order valence-electron chi connectivity index (χ0n) is 15.7. The lowest BCUT2D eigenvalue weighted by Crippen LogP contribution is -2.30. The molecule has 3 heterocycles. The van der Waals surface area contributed by atoms with Crippen molar-refractivity contribution >= 4 is 16.7 Å². The molecule has 0 unspecified atom stereocenters. The first-order valence-corrected chi connectivity index (χ1v) is 9.32. The number of benzene rings is 1. The molecule has 3 aromatic rings. The third kappa shape index (κ3) is 4.07. The van der Waals surface area contributed by atoms with Crippen molar-refractivity contribution in [2.24, 2.45) is 5.92 Å². The summed E-state index contributed by atoms with van der Waals surface area (Å²) in [5.74, 6) is 1.43. The molecule has 1 aliphatic heterocycles. The summed E-state index contributed by atoms with van der Waals surface area (Å²) >= 11 is 0. The van der Waals surface area contributed by atoms with E-state index < -0.39 is 5.79 Å². The molecule has 0 saturated carbocycles. The van der Waals surface area contributed by atoms with Crippen molar-refractivity contribution in [2.75, 3.05) is 25.1 Å². The minimum atomic E-state index is -0.475. The molecule has 0 spiro atoms. The van der Waals surface area contributed by atoms with Gasteiger partial charge in [-0.3, -0.25) is 4.98 Å². The van der Waals surface area contributed by atoms with Crippen LogP contribution in [0.1, 0.15) is 20.3 Å². The van der Waals surface area contributed by atoms with E-state index in [0.717, 1.165) is 35.2 Å². The highest BCUT2D eigenvalue weighted by molar-refractivity contribution is 5.90. The van der Waals surface area contributed by atoms with Crippen LogP contribution in [0, 0.1) is 5.92 Å². The Labute approximate surface area is 159 Å². The van der Waals surface area contributed by atoms with Gasteiger partial charge in [0.1, 0.15) is 5.82 Å². The lowest BCUT2D eigenvalue weighted by atomic mass is 10.0. The van der Waals surface area contributed by atoms with E-state index in [0.29, 0.717) is 25.0 Å². The summed E-state index contributed by atoms with van der Waals surface area (Å²) in [6, 6.07) is 11.9. The van der Waals surface area contributed by atoms with Gasteiger partial charge in [0, 0.05) is 36.3 Å². The second kappa shape index (κ2) is 7.58. The fourth-order valence-electron chi connectivity index (χ4n) is 3.49. The number of fused-ring (bicyclic) bond motifs is 1. The highest BCUT2D eigenvalue weighted by Gasteiger charge is 2.32. The Hall–Kier alpha value is -2.57. The molecule has 0 aliphatic carbocycles. The van der Waals surface area contributed by atoms with Crippen LogP contribution in [0.2, 0.25) is 0 Å². The molecular formula is C21H24N4O2. The van der Waals surface area contributed by atoms with Crippen molar-refractivity contribution in [3.8, 4) is 11.4 Å². The van der Waals surface area contributed by atoms with Crippen molar-refractivity contribution in [3.63, 3.8) is 0 Å². The molecule has 1 N–H and O–H groups in total. The van der Waals surface area contributed by atoms with Gasteiger partial charge in [-0.05, 0) is 37.1 Å². The zero-order valence-corrected chi connectivity index (χ0v) is 15.7. The molecule has 6 nitrogen and oxygen atoms in total. The lowest BCUT2D eigenvalue weighted by Gasteiger charge is -2.26. The third-order valence-corrected chi connectivity index (χ3v) is 4.78. The van der Waals surface area contributed by atoms with Crippen molar-refractivity contribution in [1.82, 2.24) is 15.0 Å².